The summed E-state index contributed by atoms with van der Waals surface area (Å²) < 4.78 is 33.0. The van der Waals surface area contributed by atoms with Crippen LogP contribution < -0.4 is 45.9 Å². The van der Waals surface area contributed by atoms with Crippen LogP contribution in [0.2, 0.25) is 0 Å². The van der Waals surface area contributed by atoms with E-state index in [0.29, 0.717) is 46.5 Å². The average Bonchev–Trinajstić information content (AvgIpc) is 2.81. The molecule has 0 atom stereocenters. The first-order chi connectivity index (χ1) is 18.0. The largest absolute Gasteiger partial charge is 0.412 e. The second-order valence-electron chi connectivity index (χ2n) is 6.10. The first kappa shape index (κ1) is 38.2. The monoisotopic (exact) mass is 808 g/mol. The highest BCUT2D eigenvalue weighted by Crippen LogP contribution is 2.15. The molecule has 0 unspecified atom stereocenters. The van der Waals surface area contributed by atoms with Gasteiger partial charge in [-0.3, -0.25) is 9.11 Å². The highest BCUT2D eigenvalue weighted by atomic mass is 127. The van der Waals surface area contributed by atoms with Crippen molar-refractivity contribution in [3.8, 4) is 0 Å². The van der Waals surface area contributed by atoms with E-state index in [-0.39, 0.29) is 5.48 Å². The van der Waals surface area contributed by atoms with Crippen molar-refractivity contribution >= 4 is 102 Å². The van der Waals surface area contributed by atoms with Crippen LogP contribution in [0.5, 0.6) is 0 Å². The fraction of sp³-hybridized carbons (Fsp3) is 0. The van der Waals surface area contributed by atoms with Crippen LogP contribution in [0.3, 0.4) is 0 Å². The van der Waals surface area contributed by atoms with Crippen LogP contribution in [0.15, 0.2) is 37.4 Å². The van der Waals surface area contributed by atoms with Gasteiger partial charge in [0.15, 0.2) is 0 Å². The second kappa shape index (κ2) is 19.1. The van der Waals surface area contributed by atoms with Gasteiger partial charge in [-0.2, -0.15) is 8.42 Å². The number of halogens is 2. The molecule has 0 aromatic carbocycles. The van der Waals surface area contributed by atoms with E-state index in [2.05, 4.69) is 39.9 Å². The third kappa shape index (κ3) is 19.1. The summed E-state index contributed by atoms with van der Waals surface area (Å²) >= 11 is 3.99. The van der Waals surface area contributed by atoms with Crippen molar-refractivity contribution in [2.24, 2.45) is 0 Å². The Hall–Kier alpha value is -3.99. The molecule has 20 N–H and O–H groups in total. The Labute approximate surface area is 254 Å². The molecule has 0 fully saturated rings. The molecule has 4 aromatic rings. The maximum Gasteiger partial charge on any atom is 0.394 e. The van der Waals surface area contributed by atoms with Crippen LogP contribution in [0, 0.1) is 7.14 Å². The summed E-state index contributed by atoms with van der Waals surface area (Å²) in [5, 5.41) is 0. The van der Waals surface area contributed by atoms with Crippen LogP contribution >= 0.6 is 45.2 Å². The highest BCUT2D eigenvalue weighted by Gasteiger charge is 1.99. The zero-order valence-electron chi connectivity index (χ0n) is 20.0. The van der Waals surface area contributed by atoms with E-state index in [1.54, 1.807) is 0 Å². The SMILES string of the molecule is Nc1cc(N)ncn1.Nc1cc(N)ncn1.Nc1ncnc(N)c1I.Nc1ncnc(N)c1I.O.O=S(=O)(O)O. The second-order valence-corrected chi connectivity index (χ2v) is 9.15. The predicted octanol–water partition coefficient (Wildman–Crippen LogP) is -1.70. The van der Waals surface area contributed by atoms with Crippen LogP contribution in [0.4, 0.5) is 46.5 Å². The molecule has 0 amide bonds. The summed E-state index contributed by atoms with van der Waals surface area (Å²) in [6.45, 7) is 0. The molecule has 24 heteroatoms. The Bertz CT molecular complexity index is 1260. The summed E-state index contributed by atoms with van der Waals surface area (Å²) in [6, 6.07) is 3.00. The number of aromatic nitrogens is 8. The fourth-order valence-corrected chi connectivity index (χ4v) is 2.13. The van der Waals surface area contributed by atoms with Crippen LogP contribution in [0.1, 0.15) is 0 Å². The van der Waals surface area contributed by atoms with Crippen molar-refractivity contribution in [1.82, 2.24) is 39.9 Å². The van der Waals surface area contributed by atoms with E-state index in [1.807, 2.05) is 45.2 Å². The van der Waals surface area contributed by atoms with Gasteiger partial charge in [0.05, 0.1) is 7.14 Å². The normalized spacial score (nSPS) is 9.30. The Morgan fingerprint density at radius 2 is 0.675 bits per heavy atom. The lowest BCUT2D eigenvalue weighted by Crippen LogP contribution is -2.00. The number of hydrogen-bond donors (Lipinski definition) is 10. The smallest absolute Gasteiger partial charge is 0.394 e. The number of rotatable bonds is 0. The summed E-state index contributed by atoms with van der Waals surface area (Å²) in [6.07, 6.45) is 5.33. The molecule has 4 aromatic heterocycles. The third-order valence-electron chi connectivity index (χ3n) is 3.11. The van der Waals surface area contributed by atoms with Gasteiger partial charge in [-0.05, 0) is 45.2 Å². The zero-order chi connectivity index (χ0) is 30.2. The molecule has 0 aliphatic rings. The van der Waals surface area contributed by atoms with E-state index >= 15 is 0 Å². The lowest BCUT2D eigenvalue weighted by Gasteiger charge is -1.96. The van der Waals surface area contributed by atoms with Crippen LogP contribution in [-0.4, -0.2) is 62.9 Å². The number of nitrogen functional groups attached to an aromatic ring is 8. The molecule has 40 heavy (non-hydrogen) atoms. The van der Waals surface area contributed by atoms with Gasteiger partial charge in [0.1, 0.15) is 71.9 Å². The summed E-state index contributed by atoms with van der Waals surface area (Å²) in [4.78, 5) is 29.4. The van der Waals surface area contributed by atoms with Crippen molar-refractivity contribution in [2.75, 3.05) is 45.9 Å². The van der Waals surface area contributed by atoms with Gasteiger partial charge in [-0.15, -0.1) is 0 Å². The van der Waals surface area contributed by atoms with Gasteiger partial charge in [0.25, 0.3) is 0 Å². The van der Waals surface area contributed by atoms with Crippen LogP contribution in [0.25, 0.3) is 0 Å². The number of nitrogens with two attached hydrogens (primary N) is 8. The molecular formula is C16H26I2N16O5S. The molecule has 0 spiro atoms. The lowest BCUT2D eigenvalue weighted by molar-refractivity contribution is 0.381. The standard InChI is InChI=1S/2C4H5IN4.2C4H6N4.H2O4S.H2O/c2*5-2-3(6)8-1-9-4(2)7;2*5-3-1-4(6)8-2-7-3;1-5(2,3)4;/h2*1H,(H4,6,7,8,9);2*1-2H,(H4,5,6,7,8);(H2,1,2,3,4);1H2. The van der Waals surface area contributed by atoms with Gasteiger partial charge in [-0.25, -0.2) is 39.9 Å². The molecule has 0 aliphatic heterocycles. The Morgan fingerprint density at radius 3 is 0.800 bits per heavy atom. The van der Waals surface area contributed by atoms with Gasteiger partial charge in [0, 0.05) is 12.1 Å². The molecule has 21 nitrogen and oxygen atoms in total. The third-order valence-corrected chi connectivity index (χ3v) is 5.32. The Balaban J connectivity index is 0. The average molecular weight is 808 g/mol. The molecule has 0 bridgehead atoms. The van der Waals surface area contributed by atoms with Crippen molar-refractivity contribution < 1.29 is 23.0 Å². The van der Waals surface area contributed by atoms with Crippen LogP contribution in [-0.2, 0) is 10.4 Å². The van der Waals surface area contributed by atoms with Crippen molar-refractivity contribution in [2.45, 2.75) is 0 Å². The highest BCUT2D eigenvalue weighted by molar-refractivity contribution is 14.1. The molecule has 0 aliphatic carbocycles. The van der Waals surface area contributed by atoms with Gasteiger partial charge in [-0.1, -0.05) is 0 Å². The molecule has 4 heterocycles. The van der Waals surface area contributed by atoms with Crippen molar-refractivity contribution in [1.29, 1.82) is 0 Å². The van der Waals surface area contributed by atoms with E-state index in [4.69, 9.17) is 63.4 Å². The van der Waals surface area contributed by atoms with Gasteiger partial charge in [0.2, 0.25) is 0 Å². The fourth-order valence-electron chi connectivity index (χ4n) is 1.57. The molecule has 220 valence electrons. The lowest BCUT2D eigenvalue weighted by atomic mass is 10.5. The topological polar surface area (TPSA) is 417 Å². The van der Waals surface area contributed by atoms with E-state index in [1.165, 1.54) is 37.4 Å². The Kier molecular flexibility index (Phi) is 18.2. The number of nitrogens with zero attached hydrogens (tertiary/aromatic N) is 8. The minimum Gasteiger partial charge on any atom is -0.412 e. The first-order valence-corrected chi connectivity index (χ1v) is 12.9. The van der Waals surface area contributed by atoms with Gasteiger partial charge < -0.3 is 51.3 Å². The minimum atomic E-state index is -4.67. The molecule has 0 radical (unpaired) electrons. The predicted molar refractivity (Wildman–Crippen MR) is 167 cm³/mol. The summed E-state index contributed by atoms with van der Waals surface area (Å²) in [5.74, 6) is 3.34. The first-order valence-electron chi connectivity index (χ1n) is 9.39. The van der Waals surface area contributed by atoms with Crippen molar-refractivity contribution in [3.63, 3.8) is 0 Å². The molecule has 0 saturated carbocycles. The van der Waals surface area contributed by atoms with E-state index in [9.17, 15) is 0 Å². The maximum atomic E-state index is 8.74. The molecular weight excluding hydrogens is 782 g/mol. The summed E-state index contributed by atoms with van der Waals surface area (Å²) in [5.41, 5.74) is 42.4. The number of hydrogen-bond acceptors (Lipinski definition) is 18. The van der Waals surface area contributed by atoms with E-state index in [0.717, 1.165) is 7.14 Å². The minimum absolute atomic E-state index is 0. The van der Waals surface area contributed by atoms with Crippen molar-refractivity contribution in [3.05, 3.63) is 44.6 Å². The molecule has 0 saturated heterocycles. The zero-order valence-corrected chi connectivity index (χ0v) is 25.2. The number of anilines is 8. The molecule has 4 rings (SSSR count). The maximum absolute atomic E-state index is 8.74. The quantitative estimate of drug-likeness (QED) is 0.0698. The van der Waals surface area contributed by atoms with E-state index < -0.39 is 10.4 Å². The van der Waals surface area contributed by atoms with Gasteiger partial charge >= 0.3 is 10.4 Å². The summed E-state index contributed by atoms with van der Waals surface area (Å²) in [7, 11) is -4.67. The Morgan fingerprint density at radius 1 is 0.500 bits per heavy atom.